The predicted molar refractivity (Wildman–Crippen MR) is 120 cm³/mol. The summed E-state index contributed by atoms with van der Waals surface area (Å²) < 4.78 is 5.27. The quantitative estimate of drug-likeness (QED) is 0.465. The van der Waals surface area contributed by atoms with Gasteiger partial charge in [-0.2, -0.15) is 0 Å². The van der Waals surface area contributed by atoms with Crippen molar-refractivity contribution in [2.24, 2.45) is 0 Å². The number of unbranched alkanes of at least 4 members (excludes halogenated alkanes) is 1. The van der Waals surface area contributed by atoms with Crippen LogP contribution in [0, 0.1) is 13.8 Å². The SMILES string of the molecule is CCC(CCOC)c1cccnc1CNCCCCNCc1ncc(C)cc1C. The Morgan fingerprint density at radius 2 is 1.76 bits per heavy atom. The van der Waals surface area contributed by atoms with Crippen LogP contribution in [0.15, 0.2) is 30.6 Å². The number of aryl methyl sites for hydroxylation is 2. The molecule has 0 aliphatic carbocycles. The van der Waals surface area contributed by atoms with Crippen molar-refractivity contribution in [3.63, 3.8) is 0 Å². The fourth-order valence-corrected chi connectivity index (χ4v) is 3.65. The Bertz CT molecular complexity index is 720. The van der Waals surface area contributed by atoms with Gasteiger partial charge >= 0.3 is 0 Å². The zero-order valence-corrected chi connectivity index (χ0v) is 18.6. The molecule has 0 radical (unpaired) electrons. The molecule has 2 aromatic rings. The summed E-state index contributed by atoms with van der Waals surface area (Å²) in [6.45, 7) is 11.0. The predicted octanol–water partition coefficient (Wildman–Crippen LogP) is 4.28. The van der Waals surface area contributed by atoms with Gasteiger partial charge in [0.2, 0.25) is 0 Å². The van der Waals surface area contributed by atoms with Crippen molar-refractivity contribution in [2.75, 3.05) is 26.8 Å². The van der Waals surface area contributed by atoms with Crippen LogP contribution in [0.3, 0.4) is 0 Å². The first-order valence-corrected chi connectivity index (χ1v) is 10.9. The normalized spacial score (nSPS) is 12.3. The van der Waals surface area contributed by atoms with Crippen LogP contribution in [-0.4, -0.2) is 36.8 Å². The van der Waals surface area contributed by atoms with Crippen LogP contribution < -0.4 is 10.6 Å². The highest BCUT2D eigenvalue weighted by Crippen LogP contribution is 2.25. The van der Waals surface area contributed by atoms with Gasteiger partial charge in [-0.3, -0.25) is 9.97 Å². The van der Waals surface area contributed by atoms with Crippen molar-refractivity contribution in [3.8, 4) is 0 Å². The zero-order chi connectivity index (χ0) is 20.9. The number of aromatic nitrogens is 2. The largest absolute Gasteiger partial charge is 0.385 e. The molecule has 0 fully saturated rings. The average molecular weight is 399 g/mol. The fourth-order valence-electron chi connectivity index (χ4n) is 3.65. The summed E-state index contributed by atoms with van der Waals surface area (Å²) in [5.74, 6) is 0.517. The maximum absolute atomic E-state index is 5.27. The van der Waals surface area contributed by atoms with E-state index in [0.29, 0.717) is 5.92 Å². The number of ether oxygens (including phenoxy) is 1. The van der Waals surface area contributed by atoms with E-state index >= 15 is 0 Å². The lowest BCUT2D eigenvalue weighted by atomic mass is 9.92. The van der Waals surface area contributed by atoms with Gasteiger partial charge in [0.25, 0.3) is 0 Å². The Labute approximate surface area is 176 Å². The maximum atomic E-state index is 5.27. The summed E-state index contributed by atoms with van der Waals surface area (Å²) in [7, 11) is 1.77. The first-order chi connectivity index (χ1) is 14.2. The van der Waals surface area contributed by atoms with Gasteiger partial charge in [-0.15, -0.1) is 0 Å². The Morgan fingerprint density at radius 3 is 2.41 bits per heavy atom. The molecule has 0 aliphatic heterocycles. The smallest absolute Gasteiger partial charge is 0.0576 e. The van der Waals surface area contributed by atoms with E-state index in [-0.39, 0.29) is 0 Å². The Balaban J connectivity index is 1.65. The summed E-state index contributed by atoms with van der Waals surface area (Å²) in [5.41, 5.74) is 6.17. The molecule has 0 saturated carbocycles. The van der Waals surface area contributed by atoms with Gasteiger partial charge in [-0.1, -0.05) is 19.1 Å². The van der Waals surface area contributed by atoms with E-state index in [9.17, 15) is 0 Å². The summed E-state index contributed by atoms with van der Waals surface area (Å²) in [5, 5.41) is 7.07. The third-order valence-electron chi connectivity index (χ3n) is 5.39. The standard InChI is InChI=1S/C24H38N4O/c1-5-21(10-14-29-4)22-9-8-13-27-24(22)18-26-12-7-6-11-25-17-23-20(3)15-19(2)16-28-23/h8-9,13,15-16,21,25-26H,5-7,10-12,14,17-18H2,1-4H3. The Morgan fingerprint density at radius 1 is 1.03 bits per heavy atom. The van der Waals surface area contributed by atoms with Crippen LogP contribution >= 0.6 is 0 Å². The molecular formula is C24H38N4O. The van der Waals surface area contributed by atoms with Crippen molar-refractivity contribution in [2.45, 2.75) is 65.5 Å². The fraction of sp³-hybridized carbons (Fsp3) is 0.583. The number of nitrogens with one attached hydrogen (secondary N) is 2. The van der Waals surface area contributed by atoms with Crippen molar-refractivity contribution < 1.29 is 4.74 Å². The lowest BCUT2D eigenvalue weighted by molar-refractivity contribution is 0.186. The minimum atomic E-state index is 0.517. The molecule has 0 spiro atoms. The number of methoxy groups -OCH3 is 1. The molecule has 29 heavy (non-hydrogen) atoms. The molecular weight excluding hydrogens is 360 g/mol. The number of rotatable bonds is 14. The second-order valence-electron chi connectivity index (χ2n) is 7.76. The molecule has 1 atom stereocenters. The first kappa shape index (κ1) is 23.5. The Hall–Kier alpha value is -1.82. The molecule has 2 heterocycles. The number of nitrogens with zero attached hydrogens (tertiary/aromatic N) is 2. The van der Waals surface area contributed by atoms with Crippen molar-refractivity contribution >= 4 is 0 Å². The third-order valence-corrected chi connectivity index (χ3v) is 5.39. The van der Waals surface area contributed by atoms with Crippen LogP contribution in [-0.2, 0) is 17.8 Å². The third kappa shape index (κ3) is 8.21. The van der Waals surface area contributed by atoms with Crippen LogP contribution in [0.25, 0.3) is 0 Å². The van der Waals surface area contributed by atoms with Gasteiger partial charge < -0.3 is 15.4 Å². The van der Waals surface area contributed by atoms with Crippen LogP contribution in [0.2, 0.25) is 0 Å². The molecule has 0 aliphatic rings. The first-order valence-electron chi connectivity index (χ1n) is 10.9. The molecule has 5 heteroatoms. The van der Waals surface area contributed by atoms with Crippen LogP contribution in [0.4, 0.5) is 0 Å². The van der Waals surface area contributed by atoms with E-state index in [1.807, 2.05) is 18.5 Å². The molecule has 0 aromatic carbocycles. The van der Waals surface area contributed by atoms with E-state index in [0.717, 1.165) is 64.2 Å². The van der Waals surface area contributed by atoms with Crippen molar-refractivity contribution in [3.05, 3.63) is 58.7 Å². The van der Waals surface area contributed by atoms with Crippen LogP contribution in [0.5, 0.6) is 0 Å². The van der Waals surface area contributed by atoms with Gasteiger partial charge in [0, 0.05) is 39.2 Å². The number of hydrogen-bond acceptors (Lipinski definition) is 5. The van der Waals surface area contributed by atoms with Gasteiger partial charge in [0.1, 0.15) is 0 Å². The minimum absolute atomic E-state index is 0.517. The Kier molecular flexibility index (Phi) is 10.8. The molecule has 2 rings (SSSR count). The monoisotopic (exact) mass is 398 g/mol. The topological polar surface area (TPSA) is 59.1 Å². The summed E-state index contributed by atoms with van der Waals surface area (Å²) >= 11 is 0. The highest BCUT2D eigenvalue weighted by Gasteiger charge is 2.14. The molecule has 2 N–H and O–H groups in total. The number of pyridine rings is 2. The summed E-state index contributed by atoms with van der Waals surface area (Å²) in [6, 6.07) is 6.46. The van der Waals surface area contributed by atoms with Crippen molar-refractivity contribution in [1.29, 1.82) is 0 Å². The van der Waals surface area contributed by atoms with E-state index in [4.69, 9.17) is 4.74 Å². The molecule has 0 amide bonds. The lowest BCUT2D eigenvalue weighted by Crippen LogP contribution is -2.20. The number of hydrogen-bond donors (Lipinski definition) is 2. The van der Waals surface area contributed by atoms with Crippen molar-refractivity contribution in [1.82, 2.24) is 20.6 Å². The molecule has 1 unspecified atom stereocenters. The van der Waals surface area contributed by atoms with Gasteiger partial charge in [-0.25, -0.2) is 0 Å². The molecule has 2 aromatic heterocycles. The van der Waals surface area contributed by atoms with Gasteiger partial charge in [0.15, 0.2) is 0 Å². The minimum Gasteiger partial charge on any atom is -0.385 e. The van der Waals surface area contributed by atoms with E-state index in [1.54, 1.807) is 7.11 Å². The lowest BCUT2D eigenvalue weighted by Gasteiger charge is -2.18. The zero-order valence-electron chi connectivity index (χ0n) is 18.6. The van der Waals surface area contributed by atoms with E-state index < -0.39 is 0 Å². The summed E-state index contributed by atoms with van der Waals surface area (Å²) in [4.78, 5) is 9.15. The second kappa shape index (κ2) is 13.4. The molecule has 160 valence electrons. The summed E-state index contributed by atoms with van der Waals surface area (Å²) in [6.07, 6.45) is 8.30. The maximum Gasteiger partial charge on any atom is 0.0576 e. The van der Waals surface area contributed by atoms with Gasteiger partial charge in [0.05, 0.1) is 11.4 Å². The average Bonchev–Trinajstić information content (AvgIpc) is 2.72. The highest BCUT2D eigenvalue weighted by atomic mass is 16.5. The second-order valence-corrected chi connectivity index (χ2v) is 7.76. The molecule has 0 bridgehead atoms. The highest BCUT2D eigenvalue weighted by molar-refractivity contribution is 5.24. The molecule has 0 saturated heterocycles. The molecule has 5 nitrogen and oxygen atoms in total. The van der Waals surface area contributed by atoms with Crippen LogP contribution in [0.1, 0.15) is 66.6 Å². The van der Waals surface area contributed by atoms with Gasteiger partial charge in [-0.05, 0) is 81.3 Å². The van der Waals surface area contributed by atoms with E-state index in [1.165, 1.54) is 22.4 Å². The van der Waals surface area contributed by atoms with E-state index in [2.05, 4.69) is 53.5 Å².